The number of allylic oxidation sites excluding steroid dienone is 2. The Bertz CT molecular complexity index is 793. The van der Waals surface area contributed by atoms with Gasteiger partial charge in [0.2, 0.25) is 0 Å². The maximum absolute atomic E-state index is 6.67. The van der Waals surface area contributed by atoms with Crippen molar-refractivity contribution >= 4 is 15.4 Å². The molecule has 6 heteroatoms. The molecule has 0 spiro atoms. The van der Waals surface area contributed by atoms with Gasteiger partial charge in [0.05, 0.1) is 30.5 Å². The van der Waals surface area contributed by atoms with Gasteiger partial charge in [0.15, 0.2) is 8.32 Å². The minimum atomic E-state index is -1.92. The summed E-state index contributed by atoms with van der Waals surface area (Å²) in [7, 11) is -2.23. The van der Waals surface area contributed by atoms with Crippen LogP contribution in [-0.4, -0.2) is 39.3 Å². The fourth-order valence-corrected chi connectivity index (χ4v) is 4.47. The van der Waals surface area contributed by atoms with Crippen molar-refractivity contribution in [2.24, 2.45) is 0 Å². The maximum atomic E-state index is 6.67. The van der Waals surface area contributed by atoms with Crippen LogP contribution in [0.2, 0.25) is 18.1 Å². The molecule has 33 heavy (non-hydrogen) atoms. The molecule has 1 fully saturated rings. The van der Waals surface area contributed by atoms with Crippen molar-refractivity contribution in [2.75, 3.05) is 6.61 Å². The highest BCUT2D eigenvalue weighted by Gasteiger charge is 2.50. The zero-order chi connectivity index (χ0) is 24.9. The van der Waals surface area contributed by atoms with Gasteiger partial charge in [0, 0.05) is 0 Å². The van der Waals surface area contributed by atoms with E-state index >= 15 is 0 Å². The van der Waals surface area contributed by atoms with Crippen LogP contribution in [0.25, 0.3) is 0 Å². The Morgan fingerprint density at radius 2 is 1.64 bits per heavy atom. The molecule has 0 radical (unpaired) electrons. The average molecular weight is 473 g/mol. The van der Waals surface area contributed by atoms with Crippen LogP contribution in [0.4, 0.5) is 0 Å². The molecule has 1 aromatic carbocycles. The number of benzene rings is 1. The quantitative estimate of drug-likeness (QED) is 0.268. The van der Waals surface area contributed by atoms with Crippen LogP contribution in [0.15, 0.2) is 54.0 Å². The monoisotopic (exact) mass is 472 g/mol. The fraction of sp³-hybridized carbons (Fsp3) is 0.630. The smallest absolute Gasteiger partial charge is 0.408 e. The molecule has 0 unspecified atom stereocenters. The Labute approximate surface area is 204 Å². The fourth-order valence-electron chi connectivity index (χ4n) is 3.21. The van der Waals surface area contributed by atoms with Crippen molar-refractivity contribution < 1.29 is 18.5 Å². The van der Waals surface area contributed by atoms with Crippen LogP contribution in [0.3, 0.4) is 0 Å². The van der Waals surface area contributed by atoms with Gasteiger partial charge >= 0.3 is 7.12 Å². The summed E-state index contributed by atoms with van der Waals surface area (Å²) in [6.45, 7) is 22.9. The van der Waals surface area contributed by atoms with Crippen LogP contribution in [0.1, 0.15) is 67.4 Å². The van der Waals surface area contributed by atoms with Crippen LogP contribution in [0.5, 0.6) is 0 Å². The summed E-state index contributed by atoms with van der Waals surface area (Å²) in [5.74, 6) is 2.08. The predicted octanol–water partition coefficient (Wildman–Crippen LogP) is 7.12. The van der Waals surface area contributed by atoms with Gasteiger partial charge in [-0.05, 0) is 64.7 Å². The Morgan fingerprint density at radius 3 is 2.18 bits per heavy atom. The van der Waals surface area contributed by atoms with Gasteiger partial charge in [-0.25, -0.2) is 0 Å². The topological polar surface area (TPSA) is 36.9 Å². The van der Waals surface area contributed by atoms with Crippen molar-refractivity contribution in [3.8, 4) is 0 Å². The lowest BCUT2D eigenvalue weighted by Gasteiger charge is -2.38. The van der Waals surface area contributed by atoms with E-state index in [9.17, 15) is 0 Å². The first-order valence-electron chi connectivity index (χ1n) is 12.1. The third-order valence-electron chi connectivity index (χ3n) is 7.13. The second-order valence-corrected chi connectivity index (χ2v) is 16.4. The number of ether oxygens (including phenoxy) is 1. The highest BCUT2D eigenvalue weighted by molar-refractivity contribution is 6.74. The number of rotatable bonds is 10. The standard InChI is InChI=1S/C27H45BO4Si/c1-22(19-28-31-26(5,6)27(7,8)32-28)15-14-18-24(30-33(9,10)25(2,3)4)21-29-20-23-16-12-11-13-17-23/h11-14,16-19,24H,15,20-21H2,1-10H3/b18-14+,22-19-/t24-/m0/s1. The zero-order valence-electron chi connectivity index (χ0n) is 22.5. The van der Waals surface area contributed by atoms with Crippen LogP contribution in [0, 0.1) is 0 Å². The van der Waals surface area contributed by atoms with E-state index in [4.69, 9.17) is 18.5 Å². The molecule has 4 nitrogen and oxygen atoms in total. The molecule has 1 atom stereocenters. The van der Waals surface area contributed by atoms with Crippen LogP contribution in [-0.2, 0) is 25.1 Å². The van der Waals surface area contributed by atoms with E-state index in [2.05, 4.69) is 98.7 Å². The van der Waals surface area contributed by atoms with Gasteiger partial charge in [0.25, 0.3) is 0 Å². The number of hydrogen-bond acceptors (Lipinski definition) is 4. The van der Waals surface area contributed by atoms with Crippen molar-refractivity contribution in [1.82, 2.24) is 0 Å². The molecule has 0 bridgehead atoms. The SMILES string of the molecule is C/C(=C/B1OC(C)(C)C(C)(C)O1)C/C=C/[C@@H](COCc1ccccc1)O[Si](C)(C)C(C)(C)C. The third-order valence-corrected chi connectivity index (χ3v) is 11.6. The molecule has 0 aliphatic carbocycles. The summed E-state index contributed by atoms with van der Waals surface area (Å²) in [5.41, 5.74) is 1.75. The molecule has 1 aromatic rings. The Hall–Kier alpha value is -1.18. The maximum Gasteiger partial charge on any atom is 0.487 e. The van der Waals surface area contributed by atoms with Gasteiger partial charge in [-0.1, -0.05) is 74.8 Å². The summed E-state index contributed by atoms with van der Waals surface area (Å²) in [5, 5.41) is 0.144. The zero-order valence-corrected chi connectivity index (χ0v) is 23.5. The largest absolute Gasteiger partial charge is 0.487 e. The van der Waals surface area contributed by atoms with Gasteiger partial charge in [0.1, 0.15) is 0 Å². The van der Waals surface area contributed by atoms with Crippen molar-refractivity contribution in [2.45, 2.75) is 104 Å². The highest BCUT2D eigenvalue weighted by atomic mass is 28.4. The first kappa shape index (κ1) is 28.1. The molecular formula is C27H45BO4Si. The first-order chi connectivity index (χ1) is 15.1. The molecule has 1 heterocycles. The third kappa shape index (κ3) is 8.22. The first-order valence-corrected chi connectivity index (χ1v) is 15.0. The van der Waals surface area contributed by atoms with E-state index in [1.807, 2.05) is 18.2 Å². The van der Waals surface area contributed by atoms with Crippen LogP contribution < -0.4 is 0 Å². The number of hydrogen-bond donors (Lipinski definition) is 0. The molecule has 1 saturated heterocycles. The Morgan fingerprint density at radius 1 is 1.06 bits per heavy atom. The van der Waals surface area contributed by atoms with E-state index in [0.717, 1.165) is 6.42 Å². The normalized spacial score (nSPS) is 19.9. The van der Waals surface area contributed by atoms with Crippen molar-refractivity contribution in [3.05, 3.63) is 59.6 Å². The summed E-state index contributed by atoms with van der Waals surface area (Å²) < 4.78 is 24.9. The lowest BCUT2D eigenvalue weighted by Crippen LogP contribution is -2.44. The van der Waals surface area contributed by atoms with Gasteiger partial charge in [-0.2, -0.15) is 0 Å². The van der Waals surface area contributed by atoms with E-state index in [1.165, 1.54) is 11.1 Å². The Balaban J connectivity index is 2.00. The molecule has 0 aromatic heterocycles. The highest BCUT2D eigenvalue weighted by Crippen LogP contribution is 2.38. The Kier molecular flexibility index (Phi) is 9.39. The van der Waals surface area contributed by atoms with Crippen LogP contribution >= 0.6 is 0 Å². The molecule has 184 valence electrons. The summed E-state index contributed by atoms with van der Waals surface area (Å²) in [6, 6.07) is 10.3. The average Bonchev–Trinajstić information content (AvgIpc) is 2.87. The van der Waals surface area contributed by atoms with E-state index in [-0.39, 0.29) is 29.5 Å². The van der Waals surface area contributed by atoms with E-state index in [1.54, 1.807) is 0 Å². The van der Waals surface area contributed by atoms with E-state index in [0.29, 0.717) is 13.2 Å². The predicted molar refractivity (Wildman–Crippen MR) is 142 cm³/mol. The summed E-state index contributed by atoms with van der Waals surface area (Å²) >= 11 is 0. The molecule has 0 saturated carbocycles. The van der Waals surface area contributed by atoms with E-state index < -0.39 is 8.32 Å². The second-order valence-electron chi connectivity index (χ2n) is 11.7. The second kappa shape index (κ2) is 11.0. The lowest BCUT2D eigenvalue weighted by molar-refractivity contribution is 0.00578. The lowest BCUT2D eigenvalue weighted by atomic mass is 9.86. The molecule has 0 N–H and O–H groups in total. The minimum Gasteiger partial charge on any atom is -0.408 e. The molecule has 2 rings (SSSR count). The van der Waals surface area contributed by atoms with Gasteiger partial charge < -0.3 is 18.5 Å². The summed E-state index contributed by atoms with van der Waals surface area (Å²) in [4.78, 5) is 0. The van der Waals surface area contributed by atoms with Gasteiger partial charge in [-0.15, -0.1) is 0 Å². The molecular weight excluding hydrogens is 427 g/mol. The molecule has 1 aliphatic heterocycles. The minimum absolute atomic E-state index is 0.0701. The molecule has 1 aliphatic rings. The van der Waals surface area contributed by atoms with Crippen molar-refractivity contribution in [1.29, 1.82) is 0 Å². The summed E-state index contributed by atoms with van der Waals surface area (Å²) in [6.07, 6.45) is 5.09. The molecule has 0 amide bonds. The van der Waals surface area contributed by atoms with Gasteiger partial charge in [-0.3, -0.25) is 0 Å². The van der Waals surface area contributed by atoms with Crippen molar-refractivity contribution in [3.63, 3.8) is 0 Å².